The molecule has 2 heterocycles. The minimum absolute atomic E-state index is 0.0723. The van der Waals surface area contributed by atoms with Crippen LogP contribution in [0.3, 0.4) is 0 Å². The third-order valence-electron chi connectivity index (χ3n) is 4.04. The molecule has 0 saturated carbocycles. The third-order valence-corrected chi connectivity index (χ3v) is 4.04. The highest BCUT2D eigenvalue weighted by Gasteiger charge is 2.24. The van der Waals surface area contributed by atoms with Gasteiger partial charge in [0.2, 0.25) is 0 Å². The van der Waals surface area contributed by atoms with Crippen molar-refractivity contribution in [1.29, 1.82) is 0 Å². The summed E-state index contributed by atoms with van der Waals surface area (Å²) in [6.45, 7) is 10.3. The fourth-order valence-electron chi connectivity index (χ4n) is 2.72. The summed E-state index contributed by atoms with van der Waals surface area (Å²) in [4.78, 5) is 19.3. The van der Waals surface area contributed by atoms with E-state index < -0.39 is 0 Å². The van der Waals surface area contributed by atoms with Gasteiger partial charge in [-0.2, -0.15) is 0 Å². The molecule has 1 atom stereocenters. The third kappa shape index (κ3) is 3.74. The molecule has 116 valence electrons. The molecular weight excluding hydrogens is 262 g/mol. The number of nitrogens with one attached hydrogen (secondary N) is 1. The molecule has 4 heteroatoms. The van der Waals surface area contributed by atoms with Gasteiger partial charge in [0.05, 0.1) is 0 Å². The lowest BCUT2D eigenvalue weighted by Gasteiger charge is -2.31. The Morgan fingerprint density at radius 2 is 2.10 bits per heavy atom. The second-order valence-electron chi connectivity index (χ2n) is 7.12. The van der Waals surface area contributed by atoms with Gasteiger partial charge < -0.3 is 10.2 Å². The summed E-state index contributed by atoms with van der Waals surface area (Å²) in [6.07, 6.45) is 2.32. The Labute approximate surface area is 127 Å². The smallest absolute Gasteiger partial charge is 0.254 e. The van der Waals surface area contributed by atoms with Crippen molar-refractivity contribution in [1.82, 2.24) is 9.88 Å². The van der Waals surface area contributed by atoms with Gasteiger partial charge in [-0.25, -0.2) is 4.98 Å². The molecule has 21 heavy (non-hydrogen) atoms. The number of hydrogen-bond acceptors (Lipinski definition) is 3. The summed E-state index contributed by atoms with van der Waals surface area (Å²) < 4.78 is 0. The molecule has 1 amide bonds. The Hall–Kier alpha value is -1.58. The lowest BCUT2D eigenvalue weighted by Crippen LogP contribution is -2.39. The van der Waals surface area contributed by atoms with Crippen molar-refractivity contribution in [3.8, 4) is 0 Å². The molecule has 1 N–H and O–H groups in total. The summed E-state index contributed by atoms with van der Waals surface area (Å²) in [6, 6.07) is 3.80. The number of nitrogens with zero attached hydrogens (tertiary/aromatic N) is 2. The van der Waals surface area contributed by atoms with Crippen LogP contribution in [0.1, 0.15) is 56.6 Å². The summed E-state index contributed by atoms with van der Waals surface area (Å²) in [5, 5.41) is 3.06. The van der Waals surface area contributed by atoms with Gasteiger partial charge in [-0.3, -0.25) is 4.79 Å². The molecule has 1 aliphatic rings. The quantitative estimate of drug-likeness (QED) is 0.908. The van der Waals surface area contributed by atoms with Crippen molar-refractivity contribution in [2.45, 2.75) is 46.0 Å². The summed E-state index contributed by atoms with van der Waals surface area (Å²) in [5.74, 6) is 1.48. The number of aromatic nitrogens is 1. The summed E-state index contributed by atoms with van der Waals surface area (Å²) >= 11 is 0. The molecule has 2 rings (SSSR count). The van der Waals surface area contributed by atoms with E-state index in [9.17, 15) is 4.79 Å². The Morgan fingerprint density at radius 3 is 2.67 bits per heavy atom. The minimum atomic E-state index is -0.0723. The number of pyridine rings is 1. The zero-order valence-electron chi connectivity index (χ0n) is 13.9. The monoisotopic (exact) mass is 289 g/mol. The van der Waals surface area contributed by atoms with Gasteiger partial charge in [0.15, 0.2) is 0 Å². The van der Waals surface area contributed by atoms with E-state index in [1.807, 2.05) is 24.1 Å². The van der Waals surface area contributed by atoms with E-state index in [0.29, 0.717) is 5.92 Å². The van der Waals surface area contributed by atoms with Crippen LogP contribution < -0.4 is 5.32 Å². The van der Waals surface area contributed by atoms with Crippen LogP contribution in [0.15, 0.2) is 12.1 Å². The number of rotatable bonds is 2. The molecule has 1 aromatic heterocycles. The highest BCUT2D eigenvalue weighted by Crippen LogP contribution is 2.25. The standard InChI is InChI=1S/C17H27N3O/c1-12-7-6-8-20(11-12)16(21)13-9-14(17(2,3)4)19-15(10-13)18-5/h9-10,12H,6-8,11H2,1-5H3,(H,18,19). The molecule has 4 nitrogen and oxygen atoms in total. The zero-order chi connectivity index (χ0) is 15.6. The molecule has 0 radical (unpaired) electrons. The zero-order valence-corrected chi connectivity index (χ0v) is 13.9. The number of anilines is 1. The van der Waals surface area contributed by atoms with E-state index in [-0.39, 0.29) is 11.3 Å². The summed E-state index contributed by atoms with van der Waals surface area (Å²) in [7, 11) is 1.84. The van der Waals surface area contributed by atoms with Gasteiger partial charge in [0.1, 0.15) is 5.82 Å². The molecule has 1 aromatic rings. The predicted octanol–water partition coefficient (Wildman–Crippen LogP) is 3.29. The van der Waals surface area contributed by atoms with Crippen LogP contribution in [0.2, 0.25) is 0 Å². The van der Waals surface area contributed by atoms with Crippen LogP contribution in [0.4, 0.5) is 5.82 Å². The molecule has 1 unspecified atom stereocenters. The van der Waals surface area contributed by atoms with Gasteiger partial charge in [-0.1, -0.05) is 27.7 Å². The second kappa shape index (κ2) is 6.04. The lowest BCUT2D eigenvalue weighted by molar-refractivity contribution is 0.0683. The maximum atomic E-state index is 12.8. The van der Waals surface area contributed by atoms with Crippen LogP contribution in [0.25, 0.3) is 0 Å². The maximum absolute atomic E-state index is 12.8. The highest BCUT2D eigenvalue weighted by molar-refractivity contribution is 5.95. The van der Waals surface area contributed by atoms with E-state index in [1.165, 1.54) is 6.42 Å². The molecule has 0 aromatic carbocycles. The first-order chi connectivity index (χ1) is 9.81. The Morgan fingerprint density at radius 1 is 1.38 bits per heavy atom. The number of likely N-dealkylation sites (tertiary alicyclic amines) is 1. The van der Waals surface area contributed by atoms with Crippen molar-refractivity contribution in [2.75, 3.05) is 25.5 Å². The van der Waals surface area contributed by atoms with E-state index in [0.717, 1.165) is 36.6 Å². The molecule has 1 aliphatic heterocycles. The molecule has 0 aliphatic carbocycles. The van der Waals surface area contributed by atoms with E-state index in [1.54, 1.807) is 0 Å². The van der Waals surface area contributed by atoms with Crippen molar-refractivity contribution in [3.63, 3.8) is 0 Å². The fraction of sp³-hybridized carbons (Fsp3) is 0.647. The Bertz CT molecular complexity index is 519. The van der Waals surface area contributed by atoms with Gasteiger partial charge in [0.25, 0.3) is 5.91 Å². The van der Waals surface area contributed by atoms with Gasteiger partial charge in [0, 0.05) is 36.8 Å². The summed E-state index contributed by atoms with van der Waals surface area (Å²) in [5.41, 5.74) is 1.62. The van der Waals surface area contributed by atoms with Crippen LogP contribution in [0, 0.1) is 5.92 Å². The first-order valence-corrected chi connectivity index (χ1v) is 7.81. The van der Waals surface area contributed by atoms with E-state index in [2.05, 4.69) is 38.0 Å². The van der Waals surface area contributed by atoms with Crippen LogP contribution >= 0.6 is 0 Å². The lowest BCUT2D eigenvalue weighted by atomic mass is 9.90. The number of carbonyl (C=O) groups excluding carboxylic acids is 1. The SMILES string of the molecule is CNc1cc(C(=O)N2CCCC(C)C2)cc(C(C)(C)C)n1. The van der Waals surface area contributed by atoms with Crippen LogP contribution in [-0.2, 0) is 5.41 Å². The number of carbonyl (C=O) groups is 1. The molecule has 1 fully saturated rings. The van der Waals surface area contributed by atoms with E-state index >= 15 is 0 Å². The highest BCUT2D eigenvalue weighted by atomic mass is 16.2. The molecule has 0 spiro atoms. The normalized spacial score (nSPS) is 19.5. The molecule has 1 saturated heterocycles. The number of amides is 1. The van der Waals surface area contributed by atoms with Crippen molar-refractivity contribution >= 4 is 11.7 Å². The van der Waals surface area contributed by atoms with Gasteiger partial charge in [-0.05, 0) is 30.9 Å². The Balaban J connectivity index is 2.31. The minimum Gasteiger partial charge on any atom is -0.373 e. The van der Waals surface area contributed by atoms with Crippen LogP contribution in [-0.4, -0.2) is 35.9 Å². The van der Waals surface area contributed by atoms with Crippen molar-refractivity contribution in [2.24, 2.45) is 5.92 Å². The molecular formula is C17H27N3O. The predicted molar refractivity (Wildman–Crippen MR) is 86.8 cm³/mol. The average Bonchev–Trinajstić information content (AvgIpc) is 2.45. The van der Waals surface area contributed by atoms with Crippen LogP contribution in [0.5, 0.6) is 0 Å². The maximum Gasteiger partial charge on any atom is 0.254 e. The number of hydrogen-bond donors (Lipinski definition) is 1. The van der Waals surface area contributed by atoms with E-state index in [4.69, 9.17) is 0 Å². The van der Waals surface area contributed by atoms with Crippen molar-refractivity contribution in [3.05, 3.63) is 23.4 Å². The van der Waals surface area contributed by atoms with Gasteiger partial charge >= 0.3 is 0 Å². The average molecular weight is 289 g/mol. The van der Waals surface area contributed by atoms with Crippen molar-refractivity contribution < 1.29 is 4.79 Å². The van der Waals surface area contributed by atoms with Gasteiger partial charge in [-0.15, -0.1) is 0 Å². The Kier molecular flexibility index (Phi) is 4.55. The fourth-order valence-corrected chi connectivity index (χ4v) is 2.72. The topological polar surface area (TPSA) is 45.2 Å². The second-order valence-corrected chi connectivity index (χ2v) is 7.12. The largest absolute Gasteiger partial charge is 0.373 e. The first-order valence-electron chi connectivity index (χ1n) is 7.81. The number of piperidine rings is 1. The first kappa shape index (κ1) is 15.8. The molecule has 0 bridgehead atoms.